The molecule has 0 heterocycles. The molecule has 0 bridgehead atoms. The molecule has 0 aliphatic heterocycles. The molecule has 0 saturated heterocycles. The Morgan fingerprint density at radius 2 is 1.23 bits per heavy atom. The summed E-state index contributed by atoms with van der Waals surface area (Å²) in [4.78, 5) is 45.5. The molecule has 0 saturated carbocycles. The van der Waals surface area contributed by atoms with Crippen molar-refractivity contribution in [3.8, 4) is 0 Å². The van der Waals surface area contributed by atoms with E-state index in [4.69, 9.17) is 4.74 Å². The first kappa shape index (κ1) is 20.2. The van der Waals surface area contributed by atoms with Crippen LogP contribution in [0.2, 0.25) is 0 Å². The topological polar surface area (TPSA) is 96.0 Å². The van der Waals surface area contributed by atoms with Crippen molar-refractivity contribution in [2.24, 2.45) is 5.41 Å². The summed E-state index contributed by atoms with van der Waals surface area (Å²) in [5.41, 5.74) is -0.456. The third-order valence-corrected chi connectivity index (χ3v) is 3.79. The van der Waals surface area contributed by atoms with Crippen LogP contribution in [-0.4, -0.2) is 51.4 Å². The maximum Gasteiger partial charge on any atom is 0.374 e. The monoisotopic (exact) mass is 316 g/mol. The van der Waals surface area contributed by atoms with Gasteiger partial charge in [-0.2, -0.15) is 0 Å². The Morgan fingerprint density at radius 3 is 1.50 bits per heavy atom. The molecule has 0 amide bonds. The summed E-state index contributed by atoms with van der Waals surface area (Å²) in [7, 11) is 3.82. The van der Waals surface area contributed by atoms with Crippen LogP contribution >= 0.6 is 0 Å². The molecule has 7 nitrogen and oxygen atoms in total. The van der Waals surface area contributed by atoms with E-state index in [1.54, 1.807) is 0 Å². The summed E-state index contributed by atoms with van der Waals surface area (Å²) in [6.07, 6.45) is 1.41. The lowest BCUT2D eigenvalue weighted by molar-refractivity contribution is -0.152. The van der Waals surface area contributed by atoms with Crippen LogP contribution in [0.3, 0.4) is 0 Å². The van der Waals surface area contributed by atoms with E-state index in [9.17, 15) is 19.2 Å². The Kier molecular flexibility index (Phi) is 9.24. The molecule has 0 atom stereocenters. The van der Waals surface area contributed by atoms with Crippen LogP contribution in [0.5, 0.6) is 0 Å². The Bertz CT molecular complexity index is 382. The van der Waals surface area contributed by atoms with Crippen molar-refractivity contribution in [3.05, 3.63) is 0 Å². The van der Waals surface area contributed by atoms with Gasteiger partial charge in [0.05, 0.1) is 20.8 Å². The summed E-state index contributed by atoms with van der Waals surface area (Å²) >= 11 is 0. The van der Waals surface area contributed by atoms with E-state index in [-0.39, 0.29) is 12.8 Å². The fourth-order valence-electron chi connectivity index (χ4n) is 2.22. The second-order valence-electron chi connectivity index (χ2n) is 5.12. The predicted octanol–water partition coefficient (Wildman–Crippen LogP) is 1.07. The molecule has 126 valence electrons. The number of rotatable bonds is 11. The van der Waals surface area contributed by atoms with Gasteiger partial charge in [0.25, 0.3) is 0 Å². The lowest BCUT2D eigenvalue weighted by Gasteiger charge is -2.31. The number of methoxy groups -OCH3 is 3. The van der Waals surface area contributed by atoms with Gasteiger partial charge >= 0.3 is 11.9 Å². The summed E-state index contributed by atoms with van der Waals surface area (Å²) < 4.78 is 13.9. The van der Waals surface area contributed by atoms with E-state index < -0.39 is 28.9 Å². The minimum Gasteiger partial charge on any atom is -0.463 e. The maximum atomic E-state index is 11.6. The van der Waals surface area contributed by atoms with Gasteiger partial charge in [0.2, 0.25) is 11.6 Å². The number of ether oxygens (including phenoxy) is 3. The van der Waals surface area contributed by atoms with E-state index >= 15 is 0 Å². The van der Waals surface area contributed by atoms with E-state index in [0.29, 0.717) is 25.9 Å². The van der Waals surface area contributed by atoms with Crippen molar-refractivity contribution in [1.29, 1.82) is 0 Å². The molecule has 0 rings (SSSR count). The molecule has 0 N–H and O–H groups in total. The average Bonchev–Trinajstić information content (AvgIpc) is 2.55. The summed E-state index contributed by atoms with van der Waals surface area (Å²) in [6.45, 7) is 2.23. The van der Waals surface area contributed by atoms with Crippen LogP contribution in [-0.2, 0) is 33.4 Å². The van der Waals surface area contributed by atoms with Crippen molar-refractivity contribution in [2.75, 3.05) is 27.9 Å². The van der Waals surface area contributed by atoms with Crippen LogP contribution in [0.15, 0.2) is 0 Å². The zero-order valence-corrected chi connectivity index (χ0v) is 13.6. The molecule has 0 spiro atoms. The highest BCUT2D eigenvalue weighted by Gasteiger charge is 2.31. The predicted molar refractivity (Wildman–Crippen MR) is 77.1 cm³/mol. The highest BCUT2D eigenvalue weighted by atomic mass is 16.5. The lowest BCUT2D eigenvalue weighted by Crippen LogP contribution is -2.30. The third-order valence-electron chi connectivity index (χ3n) is 3.79. The molecular formula is C15H24O7. The van der Waals surface area contributed by atoms with Gasteiger partial charge in [0.15, 0.2) is 0 Å². The molecule has 22 heavy (non-hydrogen) atoms. The van der Waals surface area contributed by atoms with Crippen molar-refractivity contribution in [3.63, 3.8) is 0 Å². The molecule has 0 fully saturated rings. The third kappa shape index (κ3) is 6.34. The van der Waals surface area contributed by atoms with Gasteiger partial charge in [-0.25, -0.2) is 9.59 Å². The molecule has 0 aliphatic rings. The van der Waals surface area contributed by atoms with Crippen molar-refractivity contribution in [2.45, 2.75) is 39.0 Å². The second kappa shape index (κ2) is 10.0. The Balaban J connectivity index is 4.77. The average molecular weight is 316 g/mol. The van der Waals surface area contributed by atoms with Gasteiger partial charge in [-0.3, -0.25) is 9.59 Å². The minimum absolute atomic E-state index is 0.0102. The Morgan fingerprint density at radius 1 is 0.818 bits per heavy atom. The molecule has 0 aromatic carbocycles. The molecule has 0 aliphatic carbocycles. The smallest absolute Gasteiger partial charge is 0.374 e. The van der Waals surface area contributed by atoms with Crippen LogP contribution in [0.4, 0.5) is 0 Å². The summed E-state index contributed by atoms with van der Waals surface area (Å²) in [5.74, 6) is -2.99. The van der Waals surface area contributed by atoms with Crippen LogP contribution in [0, 0.1) is 5.41 Å². The zero-order valence-electron chi connectivity index (χ0n) is 13.6. The van der Waals surface area contributed by atoms with Gasteiger partial charge in [-0.15, -0.1) is 0 Å². The number of hydrogen-bond acceptors (Lipinski definition) is 7. The largest absolute Gasteiger partial charge is 0.463 e. The zero-order chi connectivity index (χ0) is 17.2. The number of esters is 2. The van der Waals surface area contributed by atoms with Crippen molar-refractivity contribution in [1.82, 2.24) is 0 Å². The normalized spacial score (nSPS) is 10.9. The number of carbonyl (C=O) groups is 4. The Labute approximate surface area is 130 Å². The first-order valence-electron chi connectivity index (χ1n) is 7.07. The van der Waals surface area contributed by atoms with Crippen LogP contribution < -0.4 is 0 Å². The van der Waals surface area contributed by atoms with Gasteiger partial charge in [-0.05, 0) is 24.7 Å². The number of carbonyl (C=O) groups excluding carboxylic acids is 4. The van der Waals surface area contributed by atoms with E-state index in [2.05, 4.69) is 9.47 Å². The SMILES string of the molecule is CCC(CCC(=O)C(=O)OC)(CCC(=O)C(=O)OC)COC. The molecule has 0 aromatic heterocycles. The Hall–Kier alpha value is -1.76. The van der Waals surface area contributed by atoms with E-state index in [0.717, 1.165) is 14.2 Å². The standard InChI is InChI=1S/C15H24O7/c1-5-15(10-20-2,8-6-11(16)13(18)21-3)9-7-12(17)14(19)22-4/h5-10H2,1-4H3. The number of ketones is 2. The molecule has 0 unspecified atom stereocenters. The highest BCUT2D eigenvalue weighted by molar-refractivity contribution is 6.33. The van der Waals surface area contributed by atoms with Gasteiger partial charge in [-0.1, -0.05) is 6.92 Å². The first-order valence-corrected chi connectivity index (χ1v) is 7.07. The summed E-state index contributed by atoms with van der Waals surface area (Å²) in [6, 6.07) is 0. The molecular weight excluding hydrogens is 292 g/mol. The molecule has 0 aromatic rings. The molecule has 7 heteroatoms. The molecule has 0 radical (unpaired) electrons. The summed E-state index contributed by atoms with van der Waals surface area (Å²) in [5, 5.41) is 0. The second-order valence-corrected chi connectivity index (χ2v) is 5.12. The van der Waals surface area contributed by atoms with Crippen molar-refractivity contribution >= 4 is 23.5 Å². The van der Waals surface area contributed by atoms with Crippen LogP contribution in [0.25, 0.3) is 0 Å². The van der Waals surface area contributed by atoms with Crippen LogP contribution in [0.1, 0.15) is 39.0 Å². The maximum absolute atomic E-state index is 11.6. The van der Waals surface area contributed by atoms with Gasteiger partial charge in [0.1, 0.15) is 0 Å². The van der Waals surface area contributed by atoms with E-state index in [1.807, 2.05) is 6.92 Å². The fraction of sp³-hybridized carbons (Fsp3) is 0.733. The first-order chi connectivity index (χ1) is 10.4. The van der Waals surface area contributed by atoms with Gasteiger partial charge in [0, 0.05) is 20.0 Å². The number of Topliss-reactive ketones (excluding diaryl/α,β-unsaturated/α-hetero) is 2. The quantitative estimate of drug-likeness (QED) is 0.415. The van der Waals surface area contributed by atoms with Gasteiger partial charge < -0.3 is 14.2 Å². The minimum atomic E-state index is -0.881. The van der Waals surface area contributed by atoms with Crippen molar-refractivity contribution < 1.29 is 33.4 Å². The number of hydrogen-bond donors (Lipinski definition) is 0. The van der Waals surface area contributed by atoms with E-state index in [1.165, 1.54) is 7.11 Å². The fourth-order valence-corrected chi connectivity index (χ4v) is 2.22. The lowest BCUT2D eigenvalue weighted by atomic mass is 9.76. The highest BCUT2D eigenvalue weighted by Crippen LogP contribution is 2.34.